The fourth-order valence-corrected chi connectivity index (χ4v) is 7.79. The summed E-state index contributed by atoms with van der Waals surface area (Å²) in [4.78, 5) is 29.9. The number of ketones is 2. The standard InChI is InChI=1S/C31H32Br2ClNO3/c1-30(2)12-22-27(24(36)14-30)26(28-23(35(22)5)13-31(3,4)15-25(28)37)20-10-18(32)11-21(33)29(20)38-16-17-7-6-8-19(34)9-17/h6-11,26H,12-16H2,1-5H3. The van der Waals surface area contributed by atoms with Gasteiger partial charge in [0, 0.05) is 63.4 Å². The van der Waals surface area contributed by atoms with Crippen LogP contribution in [0.3, 0.4) is 0 Å². The van der Waals surface area contributed by atoms with Gasteiger partial charge in [-0.05, 0) is 69.4 Å². The minimum atomic E-state index is -0.480. The van der Waals surface area contributed by atoms with Gasteiger partial charge in [-0.1, -0.05) is 67.4 Å². The van der Waals surface area contributed by atoms with E-state index in [1.54, 1.807) is 0 Å². The molecule has 0 fully saturated rings. The molecule has 0 radical (unpaired) electrons. The van der Waals surface area contributed by atoms with Gasteiger partial charge < -0.3 is 9.64 Å². The summed E-state index contributed by atoms with van der Waals surface area (Å²) in [7, 11) is 2.03. The predicted molar refractivity (Wildman–Crippen MR) is 158 cm³/mol. The number of halogens is 3. The average molecular weight is 662 g/mol. The molecule has 0 bridgehead atoms. The maximum absolute atomic E-state index is 13.9. The van der Waals surface area contributed by atoms with Crippen LogP contribution in [0.4, 0.5) is 0 Å². The third-order valence-corrected chi connectivity index (χ3v) is 9.08. The smallest absolute Gasteiger partial charge is 0.162 e. The summed E-state index contributed by atoms with van der Waals surface area (Å²) < 4.78 is 8.06. The molecule has 5 rings (SSSR count). The van der Waals surface area contributed by atoms with E-state index in [0.717, 1.165) is 55.5 Å². The predicted octanol–water partition coefficient (Wildman–Crippen LogP) is 8.76. The molecule has 0 spiro atoms. The van der Waals surface area contributed by atoms with Gasteiger partial charge in [-0.15, -0.1) is 0 Å². The normalized spacial score (nSPS) is 21.0. The van der Waals surface area contributed by atoms with E-state index >= 15 is 0 Å². The zero-order valence-corrected chi connectivity index (χ0v) is 26.3. The van der Waals surface area contributed by atoms with Gasteiger partial charge in [0.2, 0.25) is 0 Å². The lowest BCUT2D eigenvalue weighted by atomic mass is 9.63. The highest BCUT2D eigenvalue weighted by molar-refractivity contribution is 9.11. The van der Waals surface area contributed by atoms with Crippen molar-refractivity contribution in [3.05, 3.63) is 84.0 Å². The van der Waals surface area contributed by atoms with Crippen molar-refractivity contribution < 1.29 is 14.3 Å². The Hall–Kier alpha value is -1.89. The third kappa shape index (κ3) is 5.16. The van der Waals surface area contributed by atoms with Gasteiger partial charge in [-0.25, -0.2) is 0 Å². The molecule has 2 aromatic carbocycles. The minimum absolute atomic E-state index is 0.106. The molecule has 0 saturated heterocycles. The topological polar surface area (TPSA) is 46.6 Å². The number of Topliss-reactive ketones (excluding diaryl/α,β-unsaturated/α-hetero) is 2. The van der Waals surface area contributed by atoms with Crippen LogP contribution in [0, 0.1) is 10.8 Å². The largest absolute Gasteiger partial charge is 0.487 e. The molecule has 0 atom stereocenters. The van der Waals surface area contributed by atoms with Gasteiger partial charge in [0.05, 0.1) is 4.47 Å². The van der Waals surface area contributed by atoms with Crippen molar-refractivity contribution in [2.24, 2.45) is 10.8 Å². The Morgan fingerprint density at radius 2 is 1.50 bits per heavy atom. The van der Waals surface area contributed by atoms with Crippen LogP contribution in [0.1, 0.15) is 70.4 Å². The van der Waals surface area contributed by atoms with Crippen LogP contribution in [0.25, 0.3) is 0 Å². The Bertz CT molecular complexity index is 1370. The second kappa shape index (κ2) is 9.94. The van der Waals surface area contributed by atoms with Crippen LogP contribution in [0.2, 0.25) is 5.02 Å². The van der Waals surface area contributed by atoms with Crippen LogP contribution in [0.15, 0.2) is 67.9 Å². The molecule has 0 aromatic heterocycles. The summed E-state index contributed by atoms with van der Waals surface area (Å²) >= 11 is 13.6. The second-order valence-electron chi connectivity index (χ2n) is 12.3. The molecule has 3 aliphatic rings. The van der Waals surface area contributed by atoms with Crippen LogP contribution in [-0.4, -0.2) is 23.5 Å². The summed E-state index contributed by atoms with van der Waals surface area (Å²) in [5.74, 6) is 0.367. The first-order valence-electron chi connectivity index (χ1n) is 12.9. The molecule has 2 aliphatic carbocycles. The van der Waals surface area contributed by atoms with E-state index in [-0.39, 0.29) is 22.4 Å². The zero-order chi connectivity index (χ0) is 27.6. The maximum atomic E-state index is 13.9. The fourth-order valence-electron chi connectivity index (χ4n) is 6.20. The van der Waals surface area contributed by atoms with Crippen LogP contribution < -0.4 is 4.74 Å². The quantitative estimate of drug-likeness (QED) is 0.329. The molecule has 200 valence electrons. The molecular formula is C31H32Br2ClNO3. The monoisotopic (exact) mass is 659 g/mol. The zero-order valence-electron chi connectivity index (χ0n) is 22.4. The van der Waals surface area contributed by atoms with E-state index < -0.39 is 5.92 Å². The molecule has 38 heavy (non-hydrogen) atoms. The number of ether oxygens (including phenoxy) is 1. The number of rotatable bonds is 4. The van der Waals surface area contributed by atoms with Crippen molar-refractivity contribution in [1.29, 1.82) is 0 Å². The highest BCUT2D eigenvalue weighted by Crippen LogP contribution is 2.56. The molecule has 4 nitrogen and oxygen atoms in total. The number of allylic oxidation sites excluding steroid dienone is 4. The van der Waals surface area contributed by atoms with E-state index in [4.69, 9.17) is 16.3 Å². The van der Waals surface area contributed by atoms with Crippen molar-refractivity contribution in [3.8, 4) is 5.75 Å². The molecule has 2 aromatic rings. The lowest BCUT2D eigenvalue weighted by molar-refractivity contribution is -0.119. The number of benzene rings is 2. The Morgan fingerprint density at radius 3 is 2.05 bits per heavy atom. The number of hydrogen-bond donors (Lipinski definition) is 0. The van der Waals surface area contributed by atoms with Crippen molar-refractivity contribution in [2.45, 2.75) is 65.9 Å². The molecule has 7 heteroatoms. The lowest BCUT2D eigenvalue weighted by Crippen LogP contribution is -2.43. The third-order valence-electron chi connectivity index (χ3n) is 7.80. The molecule has 0 N–H and O–H groups in total. The SMILES string of the molecule is CN1C2=C(C(=O)CC(C)(C)C2)C(c2cc(Br)cc(Br)c2OCc2cccc(Cl)c2)C2=C1CC(C)(C)CC2=O. The van der Waals surface area contributed by atoms with Gasteiger partial charge in [-0.3, -0.25) is 9.59 Å². The van der Waals surface area contributed by atoms with Gasteiger partial charge in [0.25, 0.3) is 0 Å². The van der Waals surface area contributed by atoms with E-state index in [9.17, 15) is 9.59 Å². The van der Waals surface area contributed by atoms with E-state index in [1.165, 1.54) is 0 Å². The first-order chi connectivity index (χ1) is 17.8. The average Bonchev–Trinajstić information content (AvgIpc) is 2.78. The van der Waals surface area contributed by atoms with Gasteiger partial charge >= 0.3 is 0 Å². The minimum Gasteiger partial charge on any atom is -0.487 e. The molecule has 0 unspecified atom stereocenters. The fraction of sp³-hybridized carbons (Fsp3) is 0.419. The number of carbonyl (C=O) groups excluding carboxylic acids is 2. The Kier molecular flexibility index (Phi) is 7.24. The van der Waals surface area contributed by atoms with Crippen LogP contribution >= 0.6 is 43.5 Å². The first kappa shape index (κ1) is 27.7. The Labute approximate surface area is 246 Å². The van der Waals surface area contributed by atoms with E-state index in [0.29, 0.717) is 30.2 Å². The van der Waals surface area contributed by atoms with E-state index in [2.05, 4.69) is 64.5 Å². The highest BCUT2D eigenvalue weighted by Gasteiger charge is 2.49. The van der Waals surface area contributed by atoms with Crippen molar-refractivity contribution in [1.82, 2.24) is 4.90 Å². The van der Waals surface area contributed by atoms with Gasteiger partial charge in [-0.2, -0.15) is 0 Å². The molecule has 1 heterocycles. The van der Waals surface area contributed by atoms with Crippen LogP contribution in [0.5, 0.6) is 5.75 Å². The van der Waals surface area contributed by atoms with Crippen molar-refractivity contribution >= 4 is 55.0 Å². The summed E-state index contributed by atoms with van der Waals surface area (Å²) in [5, 5.41) is 0.645. The van der Waals surface area contributed by atoms with Gasteiger partial charge in [0.15, 0.2) is 11.6 Å². The lowest BCUT2D eigenvalue weighted by Gasteiger charge is -2.48. The number of carbonyl (C=O) groups is 2. The van der Waals surface area contributed by atoms with Gasteiger partial charge in [0.1, 0.15) is 12.4 Å². The summed E-state index contributed by atoms with van der Waals surface area (Å²) in [6.45, 7) is 8.89. The second-order valence-corrected chi connectivity index (χ2v) is 14.5. The maximum Gasteiger partial charge on any atom is 0.162 e. The summed E-state index contributed by atoms with van der Waals surface area (Å²) in [6.07, 6.45) is 2.46. The number of hydrogen-bond acceptors (Lipinski definition) is 4. The molecular weight excluding hydrogens is 630 g/mol. The Balaban J connectivity index is 1.71. The van der Waals surface area contributed by atoms with Crippen molar-refractivity contribution in [3.63, 3.8) is 0 Å². The molecule has 1 aliphatic heterocycles. The Morgan fingerprint density at radius 1 is 0.921 bits per heavy atom. The molecule has 0 saturated carbocycles. The van der Waals surface area contributed by atoms with E-state index in [1.807, 2.05) is 43.4 Å². The summed E-state index contributed by atoms with van der Waals surface area (Å²) in [6, 6.07) is 11.5. The molecule has 0 amide bonds. The van der Waals surface area contributed by atoms with Crippen LogP contribution in [-0.2, 0) is 16.2 Å². The number of nitrogens with zero attached hydrogens (tertiary/aromatic N) is 1. The van der Waals surface area contributed by atoms with Crippen molar-refractivity contribution in [2.75, 3.05) is 7.05 Å². The highest BCUT2D eigenvalue weighted by atomic mass is 79.9. The first-order valence-corrected chi connectivity index (χ1v) is 14.9. The summed E-state index contributed by atoms with van der Waals surface area (Å²) in [5.41, 5.74) is 4.98.